The number of nitrogens with one attached hydrogen (secondary N) is 1. The van der Waals surface area contributed by atoms with Crippen LogP contribution in [0.2, 0.25) is 0 Å². The molecule has 0 bridgehead atoms. The maximum absolute atomic E-state index is 5.37. The van der Waals surface area contributed by atoms with E-state index < -0.39 is 0 Å². The molecule has 0 aromatic carbocycles. The molecule has 1 unspecified atom stereocenters. The predicted octanol–water partition coefficient (Wildman–Crippen LogP) is 1.47. The molecule has 1 N–H and O–H groups in total. The van der Waals surface area contributed by atoms with Crippen molar-refractivity contribution in [3.8, 4) is 0 Å². The van der Waals surface area contributed by atoms with Crippen LogP contribution in [0.15, 0.2) is 0 Å². The van der Waals surface area contributed by atoms with Crippen molar-refractivity contribution in [1.29, 1.82) is 0 Å². The van der Waals surface area contributed by atoms with Crippen molar-refractivity contribution in [3.05, 3.63) is 0 Å². The maximum Gasteiger partial charge on any atom is 0.0689 e. The van der Waals surface area contributed by atoms with Crippen LogP contribution in [0.1, 0.15) is 19.8 Å². The van der Waals surface area contributed by atoms with Gasteiger partial charge in [-0.1, -0.05) is 6.92 Å². The smallest absolute Gasteiger partial charge is 0.0689 e. The van der Waals surface area contributed by atoms with Gasteiger partial charge in [-0.2, -0.15) is 0 Å². The first kappa shape index (κ1) is 8.85. The standard InChI is InChI=1S/C9H17NOS/c1-8-6-10-9(12-7-8)2-4-11-5-3-9/h8,10H,2-7H2,1H3. The monoisotopic (exact) mass is 187 g/mol. The summed E-state index contributed by atoms with van der Waals surface area (Å²) in [6.45, 7) is 5.38. The number of ether oxygens (including phenoxy) is 1. The zero-order valence-electron chi connectivity index (χ0n) is 7.64. The summed E-state index contributed by atoms with van der Waals surface area (Å²) in [5.74, 6) is 2.15. The third kappa shape index (κ3) is 1.78. The summed E-state index contributed by atoms with van der Waals surface area (Å²) < 4.78 is 5.37. The zero-order chi connectivity index (χ0) is 8.44. The fraction of sp³-hybridized carbons (Fsp3) is 1.00. The van der Waals surface area contributed by atoms with Gasteiger partial charge >= 0.3 is 0 Å². The van der Waals surface area contributed by atoms with Gasteiger partial charge in [0.1, 0.15) is 0 Å². The molecule has 3 heteroatoms. The highest BCUT2D eigenvalue weighted by Crippen LogP contribution is 2.36. The van der Waals surface area contributed by atoms with E-state index in [1.165, 1.54) is 25.1 Å². The summed E-state index contributed by atoms with van der Waals surface area (Å²) in [5, 5.41) is 3.67. The third-order valence-corrected chi connectivity index (χ3v) is 4.56. The van der Waals surface area contributed by atoms with Crippen molar-refractivity contribution < 1.29 is 4.74 Å². The summed E-state index contributed by atoms with van der Waals surface area (Å²) in [4.78, 5) is 0.380. The molecule has 2 aliphatic rings. The Bertz CT molecular complexity index is 147. The molecular formula is C9H17NOS. The Morgan fingerprint density at radius 1 is 1.42 bits per heavy atom. The number of hydrogen-bond acceptors (Lipinski definition) is 3. The highest BCUT2D eigenvalue weighted by Gasteiger charge is 2.35. The van der Waals surface area contributed by atoms with E-state index in [2.05, 4.69) is 24.0 Å². The molecule has 2 saturated heterocycles. The van der Waals surface area contributed by atoms with Crippen molar-refractivity contribution in [2.24, 2.45) is 5.92 Å². The van der Waals surface area contributed by atoms with Crippen LogP contribution in [0, 0.1) is 5.92 Å². The topological polar surface area (TPSA) is 21.3 Å². The number of rotatable bonds is 0. The van der Waals surface area contributed by atoms with Crippen LogP contribution >= 0.6 is 11.8 Å². The second-order valence-electron chi connectivity index (χ2n) is 3.90. The SMILES string of the molecule is CC1CNC2(CCOCC2)SC1. The summed E-state index contributed by atoms with van der Waals surface area (Å²) >= 11 is 2.10. The lowest BCUT2D eigenvalue weighted by molar-refractivity contribution is 0.0663. The molecule has 2 heterocycles. The molecule has 2 nitrogen and oxygen atoms in total. The van der Waals surface area contributed by atoms with Crippen molar-refractivity contribution >= 4 is 11.8 Å². The van der Waals surface area contributed by atoms with E-state index in [0.29, 0.717) is 4.87 Å². The van der Waals surface area contributed by atoms with Crippen LogP contribution in [0.3, 0.4) is 0 Å². The summed E-state index contributed by atoms with van der Waals surface area (Å²) in [6, 6.07) is 0. The van der Waals surface area contributed by atoms with Gasteiger partial charge in [-0.25, -0.2) is 0 Å². The van der Waals surface area contributed by atoms with E-state index in [1.54, 1.807) is 0 Å². The van der Waals surface area contributed by atoms with Crippen LogP contribution < -0.4 is 5.32 Å². The molecule has 0 aromatic rings. The van der Waals surface area contributed by atoms with Crippen molar-refractivity contribution in [3.63, 3.8) is 0 Å². The fourth-order valence-corrected chi connectivity index (χ4v) is 3.16. The minimum Gasteiger partial charge on any atom is -0.381 e. The van der Waals surface area contributed by atoms with E-state index in [4.69, 9.17) is 4.74 Å². The maximum atomic E-state index is 5.37. The predicted molar refractivity (Wildman–Crippen MR) is 52.4 cm³/mol. The van der Waals surface area contributed by atoms with Crippen molar-refractivity contribution in [2.75, 3.05) is 25.5 Å². The van der Waals surface area contributed by atoms with E-state index in [9.17, 15) is 0 Å². The largest absolute Gasteiger partial charge is 0.381 e. The lowest BCUT2D eigenvalue weighted by Crippen LogP contribution is -2.51. The molecule has 70 valence electrons. The first-order valence-electron chi connectivity index (χ1n) is 4.77. The van der Waals surface area contributed by atoms with Crippen molar-refractivity contribution in [1.82, 2.24) is 5.32 Å². The van der Waals surface area contributed by atoms with Gasteiger partial charge in [-0.15, -0.1) is 11.8 Å². The minimum atomic E-state index is 0.380. The van der Waals surface area contributed by atoms with Gasteiger partial charge in [-0.3, -0.25) is 0 Å². The highest BCUT2D eigenvalue weighted by molar-refractivity contribution is 8.00. The van der Waals surface area contributed by atoms with E-state index in [-0.39, 0.29) is 0 Å². The summed E-state index contributed by atoms with van der Waals surface area (Å²) in [6.07, 6.45) is 2.37. The lowest BCUT2D eigenvalue weighted by Gasteiger charge is -2.42. The molecule has 12 heavy (non-hydrogen) atoms. The molecule has 2 rings (SSSR count). The van der Waals surface area contributed by atoms with Crippen molar-refractivity contribution in [2.45, 2.75) is 24.6 Å². The second-order valence-corrected chi connectivity index (χ2v) is 5.31. The Morgan fingerprint density at radius 3 is 2.75 bits per heavy atom. The molecule has 0 aliphatic carbocycles. The van der Waals surface area contributed by atoms with Crippen LogP contribution in [0.4, 0.5) is 0 Å². The van der Waals surface area contributed by atoms with E-state index in [1.807, 2.05) is 0 Å². The average molecular weight is 187 g/mol. The Morgan fingerprint density at radius 2 is 2.17 bits per heavy atom. The molecule has 2 fully saturated rings. The van der Waals surface area contributed by atoms with Crippen LogP contribution in [0.5, 0.6) is 0 Å². The number of hydrogen-bond donors (Lipinski definition) is 1. The van der Waals surface area contributed by atoms with Crippen LogP contribution in [-0.2, 0) is 4.74 Å². The molecular weight excluding hydrogens is 170 g/mol. The molecule has 2 aliphatic heterocycles. The van der Waals surface area contributed by atoms with Gasteiger partial charge in [-0.05, 0) is 31.1 Å². The molecule has 1 spiro atoms. The summed E-state index contributed by atoms with van der Waals surface area (Å²) in [5.41, 5.74) is 0. The molecule has 0 radical (unpaired) electrons. The first-order valence-corrected chi connectivity index (χ1v) is 5.76. The molecule has 0 amide bonds. The van der Waals surface area contributed by atoms with E-state index in [0.717, 1.165) is 19.1 Å². The van der Waals surface area contributed by atoms with E-state index >= 15 is 0 Å². The molecule has 0 saturated carbocycles. The summed E-state index contributed by atoms with van der Waals surface area (Å²) in [7, 11) is 0. The van der Waals surface area contributed by atoms with Crippen LogP contribution in [-0.4, -0.2) is 30.4 Å². The Kier molecular flexibility index (Phi) is 2.63. The lowest BCUT2D eigenvalue weighted by atomic mass is 10.1. The Balaban J connectivity index is 1.92. The highest BCUT2D eigenvalue weighted by atomic mass is 32.2. The number of thioether (sulfide) groups is 1. The quantitative estimate of drug-likeness (QED) is 0.620. The third-order valence-electron chi connectivity index (χ3n) is 2.72. The molecule has 1 atom stereocenters. The molecule has 0 aromatic heterocycles. The fourth-order valence-electron chi connectivity index (χ4n) is 1.79. The van der Waals surface area contributed by atoms with Crippen LogP contribution in [0.25, 0.3) is 0 Å². The average Bonchev–Trinajstić information content (AvgIpc) is 2.13. The van der Waals surface area contributed by atoms with Gasteiger partial charge < -0.3 is 10.1 Å². The zero-order valence-corrected chi connectivity index (χ0v) is 8.45. The van der Waals surface area contributed by atoms with Gasteiger partial charge in [0.05, 0.1) is 4.87 Å². The second kappa shape index (κ2) is 3.56. The minimum absolute atomic E-state index is 0.380. The van der Waals surface area contributed by atoms with Gasteiger partial charge in [0.15, 0.2) is 0 Å². The first-order chi connectivity index (χ1) is 5.81. The van der Waals surface area contributed by atoms with Gasteiger partial charge in [0.25, 0.3) is 0 Å². The normalized spacial score (nSPS) is 35.2. The Hall–Kier alpha value is 0.270. The van der Waals surface area contributed by atoms with Gasteiger partial charge in [0.2, 0.25) is 0 Å². The van der Waals surface area contributed by atoms with Gasteiger partial charge in [0, 0.05) is 13.2 Å². The Labute approximate surface area is 78.4 Å².